The van der Waals surface area contributed by atoms with Crippen molar-refractivity contribution in [3.05, 3.63) is 35.7 Å². The summed E-state index contributed by atoms with van der Waals surface area (Å²) in [6.45, 7) is 3.71. The van der Waals surface area contributed by atoms with E-state index in [9.17, 15) is 0 Å². The number of hydrogen-bond donors (Lipinski definition) is 1. The third kappa shape index (κ3) is 2.12. The lowest BCUT2D eigenvalue weighted by Crippen LogP contribution is -1.83. The first-order valence-corrected chi connectivity index (χ1v) is 3.88. The van der Waals surface area contributed by atoms with Crippen LogP contribution in [-0.4, -0.2) is 5.11 Å². The standard InChI is InChI=1S/C9H10ClO/c1-2-3-7-6-8(11)4-5-9(7)10/h4-6,11H,1-3H2. The van der Waals surface area contributed by atoms with Gasteiger partial charge in [-0.25, -0.2) is 0 Å². The highest BCUT2D eigenvalue weighted by Crippen LogP contribution is 2.21. The largest absolute Gasteiger partial charge is 0.508 e. The van der Waals surface area contributed by atoms with Gasteiger partial charge in [0, 0.05) is 5.02 Å². The Morgan fingerprint density at radius 1 is 1.45 bits per heavy atom. The normalized spacial score (nSPS) is 10.0. The molecule has 0 saturated heterocycles. The zero-order chi connectivity index (χ0) is 8.27. The van der Waals surface area contributed by atoms with E-state index >= 15 is 0 Å². The minimum atomic E-state index is 0.262. The van der Waals surface area contributed by atoms with Crippen LogP contribution in [0.15, 0.2) is 18.2 Å². The molecule has 1 rings (SSSR count). The molecule has 1 aromatic rings. The van der Waals surface area contributed by atoms with Gasteiger partial charge in [0.25, 0.3) is 0 Å². The predicted octanol–water partition coefficient (Wildman–Crippen LogP) is 2.81. The number of aromatic hydroxyl groups is 1. The van der Waals surface area contributed by atoms with Crippen molar-refractivity contribution in [1.29, 1.82) is 0 Å². The van der Waals surface area contributed by atoms with Crippen molar-refractivity contribution in [2.45, 2.75) is 12.8 Å². The summed E-state index contributed by atoms with van der Waals surface area (Å²) in [5.41, 5.74) is 0.960. The molecule has 0 bridgehead atoms. The van der Waals surface area contributed by atoms with E-state index in [0.717, 1.165) is 18.4 Å². The predicted molar refractivity (Wildman–Crippen MR) is 46.8 cm³/mol. The van der Waals surface area contributed by atoms with Crippen LogP contribution in [0, 0.1) is 6.92 Å². The molecule has 0 saturated carbocycles. The Labute approximate surface area is 71.6 Å². The Balaban J connectivity index is 2.93. The van der Waals surface area contributed by atoms with E-state index in [4.69, 9.17) is 16.7 Å². The van der Waals surface area contributed by atoms with Crippen LogP contribution in [0.5, 0.6) is 5.75 Å². The summed E-state index contributed by atoms with van der Waals surface area (Å²) < 4.78 is 0. The van der Waals surface area contributed by atoms with Crippen LogP contribution in [0.2, 0.25) is 5.02 Å². The highest BCUT2D eigenvalue weighted by atomic mass is 35.5. The lowest BCUT2D eigenvalue weighted by atomic mass is 10.1. The van der Waals surface area contributed by atoms with Crippen LogP contribution in [0.1, 0.15) is 12.0 Å². The Morgan fingerprint density at radius 3 is 2.82 bits per heavy atom. The Bertz CT molecular complexity index is 245. The van der Waals surface area contributed by atoms with Gasteiger partial charge in [0.2, 0.25) is 0 Å². The third-order valence-corrected chi connectivity index (χ3v) is 1.84. The van der Waals surface area contributed by atoms with Crippen LogP contribution < -0.4 is 0 Å². The molecule has 0 spiro atoms. The van der Waals surface area contributed by atoms with Gasteiger partial charge in [-0.15, -0.1) is 0 Å². The summed E-state index contributed by atoms with van der Waals surface area (Å²) in [4.78, 5) is 0. The van der Waals surface area contributed by atoms with E-state index in [1.165, 1.54) is 0 Å². The molecule has 0 aliphatic rings. The lowest BCUT2D eigenvalue weighted by Gasteiger charge is -2.01. The van der Waals surface area contributed by atoms with Gasteiger partial charge in [-0.05, 0) is 36.6 Å². The quantitative estimate of drug-likeness (QED) is 0.722. The molecule has 0 aliphatic carbocycles. The van der Waals surface area contributed by atoms with Crippen LogP contribution in [0.25, 0.3) is 0 Å². The molecular formula is C9H10ClO. The first-order chi connectivity index (χ1) is 5.24. The van der Waals surface area contributed by atoms with E-state index in [2.05, 4.69) is 6.92 Å². The van der Waals surface area contributed by atoms with Crippen molar-refractivity contribution in [3.8, 4) is 5.75 Å². The molecule has 0 atom stereocenters. The average molecular weight is 170 g/mol. The molecular weight excluding hydrogens is 160 g/mol. The molecule has 0 unspecified atom stereocenters. The second kappa shape index (κ2) is 3.63. The molecule has 1 N–H and O–H groups in total. The minimum Gasteiger partial charge on any atom is -0.508 e. The fraction of sp³-hybridized carbons (Fsp3) is 0.222. The van der Waals surface area contributed by atoms with Gasteiger partial charge in [-0.2, -0.15) is 0 Å². The van der Waals surface area contributed by atoms with Crippen molar-refractivity contribution >= 4 is 11.6 Å². The van der Waals surface area contributed by atoms with Crippen molar-refractivity contribution in [2.24, 2.45) is 0 Å². The van der Waals surface area contributed by atoms with Crippen LogP contribution >= 0.6 is 11.6 Å². The minimum absolute atomic E-state index is 0.262. The van der Waals surface area contributed by atoms with Crippen LogP contribution in [0.4, 0.5) is 0 Å². The Kier molecular flexibility index (Phi) is 2.77. The second-order valence-electron chi connectivity index (χ2n) is 2.38. The Morgan fingerprint density at radius 2 is 2.18 bits per heavy atom. The topological polar surface area (TPSA) is 20.2 Å². The van der Waals surface area contributed by atoms with Crippen LogP contribution in [0.3, 0.4) is 0 Å². The number of hydrogen-bond acceptors (Lipinski definition) is 1. The number of rotatable bonds is 2. The summed E-state index contributed by atoms with van der Waals surface area (Å²) in [6.07, 6.45) is 1.61. The average Bonchev–Trinajstić information content (AvgIpc) is 1.98. The molecule has 0 heterocycles. The number of halogens is 1. The van der Waals surface area contributed by atoms with Gasteiger partial charge >= 0.3 is 0 Å². The van der Waals surface area contributed by atoms with E-state index < -0.39 is 0 Å². The molecule has 0 fully saturated rings. The molecule has 0 aromatic heterocycles. The van der Waals surface area contributed by atoms with Crippen molar-refractivity contribution < 1.29 is 5.11 Å². The van der Waals surface area contributed by atoms with E-state index in [0.29, 0.717) is 5.02 Å². The maximum atomic E-state index is 9.09. The molecule has 0 amide bonds. The highest BCUT2D eigenvalue weighted by molar-refractivity contribution is 6.31. The summed E-state index contributed by atoms with van der Waals surface area (Å²) in [5, 5.41) is 9.79. The first-order valence-electron chi connectivity index (χ1n) is 3.50. The zero-order valence-electron chi connectivity index (χ0n) is 6.18. The first kappa shape index (κ1) is 8.41. The SMILES string of the molecule is [CH2]CCc1cc(O)ccc1Cl. The smallest absolute Gasteiger partial charge is 0.115 e. The summed E-state index contributed by atoms with van der Waals surface area (Å²) in [5.74, 6) is 0.262. The van der Waals surface area contributed by atoms with Crippen molar-refractivity contribution in [2.75, 3.05) is 0 Å². The molecule has 1 radical (unpaired) electrons. The van der Waals surface area contributed by atoms with E-state index in [-0.39, 0.29) is 5.75 Å². The van der Waals surface area contributed by atoms with Gasteiger partial charge in [0.15, 0.2) is 0 Å². The molecule has 0 aliphatic heterocycles. The summed E-state index contributed by atoms with van der Waals surface area (Å²) in [7, 11) is 0. The highest BCUT2D eigenvalue weighted by Gasteiger charge is 1.99. The third-order valence-electron chi connectivity index (χ3n) is 1.48. The van der Waals surface area contributed by atoms with E-state index in [1.54, 1.807) is 18.2 Å². The molecule has 59 valence electrons. The molecule has 11 heavy (non-hydrogen) atoms. The maximum Gasteiger partial charge on any atom is 0.115 e. The van der Waals surface area contributed by atoms with Gasteiger partial charge in [0.05, 0.1) is 0 Å². The summed E-state index contributed by atoms with van der Waals surface area (Å²) >= 11 is 5.84. The van der Waals surface area contributed by atoms with Crippen LogP contribution in [-0.2, 0) is 6.42 Å². The van der Waals surface area contributed by atoms with E-state index in [1.807, 2.05) is 0 Å². The number of benzene rings is 1. The fourth-order valence-corrected chi connectivity index (χ4v) is 1.16. The molecule has 1 aromatic carbocycles. The van der Waals surface area contributed by atoms with Gasteiger partial charge in [-0.1, -0.05) is 18.5 Å². The van der Waals surface area contributed by atoms with Gasteiger partial charge < -0.3 is 5.11 Å². The van der Waals surface area contributed by atoms with Gasteiger partial charge in [0.1, 0.15) is 5.75 Å². The van der Waals surface area contributed by atoms with Crippen molar-refractivity contribution in [3.63, 3.8) is 0 Å². The lowest BCUT2D eigenvalue weighted by molar-refractivity contribution is 0.474. The van der Waals surface area contributed by atoms with Gasteiger partial charge in [-0.3, -0.25) is 0 Å². The summed E-state index contributed by atoms with van der Waals surface area (Å²) in [6, 6.07) is 4.95. The van der Waals surface area contributed by atoms with Crippen molar-refractivity contribution in [1.82, 2.24) is 0 Å². The number of phenolic OH excluding ortho intramolecular Hbond substituents is 1. The maximum absolute atomic E-state index is 9.09. The second-order valence-corrected chi connectivity index (χ2v) is 2.79. The zero-order valence-corrected chi connectivity index (χ0v) is 6.93. The fourth-order valence-electron chi connectivity index (χ4n) is 0.943. The monoisotopic (exact) mass is 169 g/mol. The Hall–Kier alpha value is -0.690. The molecule has 1 nitrogen and oxygen atoms in total. The molecule has 2 heteroatoms. The number of aryl methyl sites for hydroxylation is 1. The number of phenols is 1.